The number of para-hydroxylation sites is 1. The number of hydrogen-bond donors (Lipinski definition) is 2. The number of thiocarbonyl (C=S) groups is 1. The lowest BCUT2D eigenvalue weighted by Gasteiger charge is -2.14. The molecule has 0 unspecified atom stereocenters. The van der Waals surface area contributed by atoms with Gasteiger partial charge in [-0.2, -0.15) is 0 Å². The Morgan fingerprint density at radius 1 is 1.15 bits per heavy atom. The average molecular weight is 505 g/mol. The van der Waals surface area contributed by atoms with E-state index in [4.69, 9.17) is 23.8 Å². The predicted octanol–water partition coefficient (Wildman–Crippen LogP) is 3.69. The molecule has 3 rings (SSSR count). The Hall–Kier alpha value is -3.28. The van der Waals surface area contributed by atoms with Crippen molar-refractivity contribution < 1.29 is 19.3 Å². The van der Waals surface area contributed by atoms with E-state index in [1.165, 1.54) is 29.2 Å². The minimum Gasteiger partial charge on any atom is -0.293 e. The lowest BCUT2D eigenvalue weighted by molar-refractivity contribution is -0.385. The highest BCUT2D eigenvalue weighted by Gasteiger charge is 2.31. The number of nitrogens with one attached hydrogen (secondary N) is 2. The Labute approximate surface area is 203 Å². The van der Waals surface area contributed by atoms with Crippen LogP contribution in [0.5, 0.6) is 0 Å². The van der Waals surface area contributed by atoms with Gasteiger partial charge in [0.05, 0.1) is 9.83 Å². The minimum atomic E-state index is -0.808. The number of thioether (sulfide) groups is 1. The zero-order valence-electron chi connectivity index (χ0n) is 16.9. The maximum atomic E-state index is 12.7. The van der Waals surface area contributed by atoms with Gasteiger partial charge in [0.1, 0.15) is 9.88 Å². The van der Waals surface area contributed by atoms with Gasteiger partial charge in [0.15, 0.2) is 0 Å². The molecule has 2 aromatic carbocycles. The average Bonchev–Trinajstić information content (AvgIpc) is 3.06. The van der Waals surface area contributed by atoms with E-state index in [2.05, 4.69) is 10.9 Å². The Morgan fingerprint density at radius 3 is 2.58 bits per heavy atom. The number of carbonyl (C=O) groups excluding carboxylic acids is 3. The van der Waals surface area contributed by atoms with Crippen LogP contribution in [-0.4, -0.2) is 38.4 Å². The molecule has 1 saturated heterocycles. The first kappa shape index (κ1) is 24.4. The van der Waals surface area contributed by atoms with Crippen LogP contribution in [0.15, 0.2) is 53.4 Å². The van der Waals surface area contributed by atoms with Gasteiger partial charge in [-0.15, -0.1) is 0 Å². The molecule has 12 heteroatoms. The molecule has 3 amide bonds. The third-order valence-electron chi connectivity index (χ3n) is 4.51. The zero-order chi connectivity index (χ0) is 24.0. The molecule has 0 saturated carbocycles. The summed E-state index contributed by atoms with van der Waals surface area (Å²) in [7, 11) is 0. The SMILES string of the molecule is O=C(CCCN1C(=O)C(=Cc2ccccc2Cl)SC1=S)NNC(=O)c1ccccc1[N+](=O)[O-]. The lowest BCUT2D eigenvalue weighted by atomic mass is 10.2. The molecule has 0 atom stereocenters. The molecular weight excluding hydrogens is 488 g/mol. The Morgan fingerprint density at radius 2 is 1.85 bits per heavy atom. The number of benzene rings is 2. The van der Waals surface area contributed by atoms with Crippen LogP contribution in [0.1, 0.15) is 28.8 Å². The molecule has 0 aliphatic carbocycles. The fourth-order valence-corrected chi connectivity index (χ4v) is 4.39. The van der Waals surface area contributed by atoms with Crippen molar-refractivity contribution >= 4 is 69.4 Å². The van der Waals surface area contributed by atoms with Crippen molar-refractivity contribution in [2.75, 3.05) is 6.54 Å². The number of amides is 3. The first-order valence-corrected chi connectivity index (χ1v) is 11.2. The van der Waals surface area contributed by atoms with Crippen LogP contribution < -0.4 is 10.9 Å². The van der Waals surface area contributed by atoms with Crippen molar-refractivity contribution in [3.8, 4) is 0 Å². The normalized spacial score (nSPS) is 14.5. The van der Waals surface area contributed by atoms with Gasteiger partial charge in [0.25, 0.3) is 17.5 Å². The van der Waals surface area contributed by atoms with Gasteiger partial charge in [-0.3, -0.25) is 40.2 Å². The van der Waals surface area contributed by atoms with Crippen LogP contribution in [0.2, 0.25) is 5.02 Å². The molecule has 1 heterocycles. The summed E-state index contributed by atoms with van der Waals surface area (Å²) in [4.78, 5) is 49.0. The van der Waals surface area contributed by atoms with Crippen LogP contribution in [-0.2, 0) is 9.59 Å². The van der Waals surface area contributed by atoms with E-state index in [9.17, 15) is 24.5 Å². The lowest BCUT2D eigenvalue weighted by Crippen LogP contribution is -2.42. The van der Waals surface area contributed by atoms with Crippen LogP contribution in [0, 0.1) is 10.1 Å². The van der Waals surface area contributed by atoms with Gasteiger partial charge in [-0.1, -0.05) is 65.9 Å². The third kappa shape index (κ3) is 6.15. The van der Waals surface area contributed by atoms with Gasteiger partial charge in [-0.25, -0.2) is 0 Å². The van der Waals surface area contributed by atoms with E-state index in [1.54, 1.807) is 24.3 Å². The van der Waals surface area contributed by atoms with Crippen molar-refractivity contribution in [1.29, 1.82) is 0 Å². The van der Waals surface area contributed by atoms with Crippen molar-refractivity contribution in [2.24, 2.45) is 0 Å². The van der Waals surface area contributed by atoms with Gasteiger partial charge in [-0.05, 0) is 30.2 Å². The number of rotatable bonds is 7. The van der Waals surface area contributed by atoms with Crippen molar-refractivity contribution in [3.05, 3.63) is 79.7 Å². The predicted molar refractivity (Wildman–Crippen MR) is 129 cm³/mol. The molecule has 9 nitrogen and oxygen atoms in total. The number of nitro benzene ring substituents is 1. The largest absolute Gasteiger partial charge is 0.293 e. The van der Waals surface area contributed by atoms with E-state index < -0.39 is 16.7 Å². The summed E-state index contributed by atoms with van der Waals surface area (Å²) in [6.07, 6.45) is 1.96. The summed E-state index contributed by atoms with van der Waals surface area (Å²) in [5.74, 6) is -1.59. The highest BCUT2D eigenvalue weighted by molar-refractivity contribution is 8.26. The molecule has 0 radical (unpaired) electrons. The van der Waals surface area contributed by atoms with Gasteiger partial charge < -0.3 is 0 Å². The van der Waals surface area contributed by atoms with Gasteiger partial charge in [0, 0.05) is 24.1 Å². The Kier molecular flexibility index (Phi) is 8.15. The highest BCUT2D eigenvalue weighted by Crippen LogP contribution is 2.33. The Balaban J connectivity index is 1.49. The number of nitro groups is 1. The van der Waals surface area contributed by atoms with E-state index >= 15 is 0 Å². The quantitative estimate of drug-likeness (QED) is 0.255. The maximum Gasteiger partial charge on any atom is 0.282 e. The zero-order valence-corrected chi connectivity index (χ0v) is 19.3. The highest BCUT2D eigenvalue weighted by atomic mass is 35.5. The van der Waals surface area contributed by atoms with Crippen molar-refractivity contribution in [1.82, 2.24) is 15.8 Å². The smallest absolute Gasteiger partial charge is 0.282 e. The Bertz CT molecular complexity index is 1170. The third-order valence-corrected chi connectivity index (χ3v) is 6.23. The number of hydrogen-bond acceptors (Lipinski definition) is 7. The summed E-state index contributed by atoms with van der Waals surface area (Å²) < 4.78 is 0.378. The van der Waals surface area contributed by atoms with E-state index in [0.717, 1.165) is 11.8 Å². The maximum absolute atomic E-state index is 12.7. The molecule has 0 spiro atoms. The topological polar surface area (TPSA) is 122 Å². The van der Waals surface area contributed by atoms with Gasteiger partial charge in [0.2, 0.25) is 5.91 Å². The van der Waals surface area contributed by atoms with Crippen LogP contribution in [0.25, 0.3) is 6.08 Å². The second-order valence-corrected chi connectivity index (χ2v) is 8.82. The summed E-state index contributed by atoms with van der Waals surface area (Å²) in [6, 6.07) is 12.5. The summed E-state index contributed by atoms with van der Waals surface area (Å²) in [5, 5.41) is 11.5. The minimum absolute atomic E-state index is 0.00220. The molecule has 2 aromatic rings. The van der Waals surface area contributed by atoms with E-state index in [0.29, 0.717) is 26.2 Å². The standard InChI is InChI=1S/C21H17ClN4O5S2/c22-15-8-3-1-6-13(15)12-17-20(29)25(21(32)33-17)11-5-10-18(27)23-24-19(28)14-7-2-4-9-16(14)26(30)31/h1-4,6-9,12H,5,10-11H2,(H,23,27)(H,24,28). The molecule has 1 aliphatic rings. The second-order valence-electron chi connectivity index (χ2n) is 6.73. The summed E-state index contributed by atoms with van der Waals surface area (Å²) >= 11 is 12.6. The molecule has 170 valence electrons. The molecule has 33 heavy (non-hydrogen) atoms. The summed E-state index contributed by atoms with van der Waals surface area (Å²) in [6.45, 7) is 0.218. The first-order valence-electron chi connectivity index (χ1n) is 9.60. The summed E-state index contributed by atoms with van der Waals surface area (Å²) in [5.41, 5.74) is 4.52. The van der Waals surface area contributed by atoms with Crippen LogP contribution in [0.3, 0.4) is 0 Å². The molecule has 0 bridgehead atoms. The second kappa shape index (κ2) is 11.0. The first-order chi connectivity index (χ1) is 15.8. The number of carbonyl (C=O) groups is 3. The molecule has 2 N–H and O–H groups in total. The molecule has 1 fully saturated rings. The molecule has 1 aliphatic heterocycles. The molecule has 0 aromatic heterocycles. The van der Waals surface area contributed by atoms with E-state index in [1.807, 2.05) is 6.07 Å². The van der Waals surface area contributed by atoms with Crippen LogP contribution in [0.4, 0.5) is 5.69 Å². The monoisotopic (exact) mass is 504 g/mol. The molecular formula is C21H17ClN4O5S2. The van der Waals surface area contributed by atoms with Crippen molar-refractivity contribution in [2.45, 2.75) is 12.8 Å². The number of nitrogens with zero attached hydrogens (tertiary/aromatic N) is 2. The fraction of sp³-hybridized carbons (Fsp3) is 0.143. The number of hydrazine groups is 1. The van der Waals surface area contributed by atoms with Crippen molar-refractivity contribution in [3.63, 3.8) is 0 Å². The van der Waals surface area contributed by atoms with Crippen LogP contribution >= 0.6 is 35.6 Å². The fourth-order valence-electron chi connectivity index (χ4n) is 2.91. The van der Waals surface area contributed by atoms with Gasteiger partial charge >= 0.3 is 0 Å². The number of halogens is 1. The van der Waals surface area contributed by atoms with E-state index in [-0.39, 0.29) is 30.1 Å².